The smallest absolute Gasteiger partial charge is 0.0156 e. The fraction of sp³-hybridized carbons (Fsp3) is 0.462. The third-order valence-corrected chi connectivity index (χ3v) is 5.47. The Kier molecular flexibility index (Phi) is 10.2. The molecule has 0 saturated heterocycles. The molecule has 0 aliphatic heterocycles. The summed E-state index contributed by atoms with van der Waals surface area (Å²) in [7, 11) is 0. The molecule has 2 rings (SSSR count). The minimum Gasteiger partial charge on any atom is -0.0622 e. The van der Waals surface area contributed by atoms with Gasteiger partial charge < -0.3 is 0 Å². The fourth-order valence-electron chi connectivity index (χ4n) is 3.95. The fourth-order valence-corrected chi connectivity index (χ4v) is 3.95. The maximum Gasteiger partial charge on any atom is -0.0156 e. The summed E-state index contributed by atoms with van der Waals surface area (Å²) in [6.45, 7) is 8.00. The van der Waals surface area contributed by atoms with Crippen molar-refractivity contribution in [3.8, 4) is 0 Å². The molecule has 0 spiro atoms. The number of unbranched alkanes of at least 4 members (excludes halogenated alkanes) is 5. The van der Waals surface area contributed by atoms with Gasteiger partial charge in [-0.25, -0.2) is 0 Å². The van der Waals surface area contributed by atoms with E-state index in [2.05, 4.69) is 74.5 Å². The Morgan fingerprint density at radius 3 is 1.42 bits per heavy atom. The summed E-state index contributed by atoms with van der Waals surface area (Å²) in [6, 6.07) is 22.3. The van der Waals surface area contributed by atoms with Crippen molar-refractivity contribution in [3.05, 3.63) is 85.6 Å². The van der Waals surface area contributed by atoms with Gasteiger partial charge in [-0.15, -0.1) is 0 Å². The molecule has 0 saturated carbocycles. The van der Waals surface area contributed by atoms with Crippen molar-refractivity contribution in [1.29, 1.82) is 0 Å². The van der Waals surface area contributed by atoms with Crippen LogP contribution in [-0.2, 0) is 0 Å². The normalized spacial score (nSPS) is 13.5. The first kappa shape index (κ1) is 20.7. The number of rotatable bonds is 13. The van der Waals surface area contributed by atoms with Gasteiger partial charge in [-0.1, -0.05) is 119 Å². The second-order valence-electron chi connectivity index (χ2n) is 7.50. The van der Waals surface area contributed by atoms with Crippen LogP contribution in [0.1, 0.15) is 87.2 Å². The number of hydrogen-bond donors (Lipinski definition) is 0. The summed E-state index contributed by atoms with van der Waals surface area (Å²) in [6.07, 6.45) is 12.4. The van der Waals surface area contributed by atoms with Crippen LogP contribution >= 0.6 is 0 Å². The molecule has 0 heterocycles. The Morgan fingerprint density at radius 1 is 0.538 bits per heavy atom. The van der Waals surface area contributed by atoms with Gasteiger partial charge in [0, 0.05) is 0 Å². The first-order valence-corrected chi connectivity index (χ1v) is 10.5. The van der Waals surface area contributed by atoms with Gasteiger partial charge in [0.25, 0.3) is 0 Å². The van der Waals surface area contributed by atoms with E-state index in [1.807, 2.05) is 0 Å². The van der Waals surface area contributed by atoms with Gasteiger partial charge in [0.2, 0.25) is 0 Å². The number of hydrogen-bond acceptors (Lipinski definition) is 0. The lowest BCUT2D eigenvalue weighted by molar-refractivity contribution is 0.452. The maximum atomic E-state index is 4.02. The van der Waals surface area contributed by atoms with Gasteiger partial charge >= 0.3 is 0 Å². The molecule has 0 aliphatic carbocycles. The molecule has 140 valence electrons. The van der Waals surface area contributed by atoms with Crippen LogP contribution in [0.5, 0.6) is 0 Å². The van der Waals surface area contributed by atoms with E-state index >= 15 is 0 Å². The molecule has 0 amide bonds. The Hall–Kier alpha value is -1.56. The van der Waals surface area contributed by atoms with Crippen LogP contribution in [-0.4, -0.2) is 0 Å². The molecule has 26 heavy (non-hydrogen) atoms. The van der Waals surface area contributed by atoms with Crippen molar-refractivity contribution in [2.24, 2.45) is 0 Å². The average Bonchev–Trinajstić information content (AvgIpc) is 2.70. The lowest BCUT2D eigenvalue weighted by atomic mass is 9.80. The molecule has 2 unspecified atom stereocenters. The lowest BCUT2D eigenvalue weighted by Gasteiger charge is -2.25. The van der Waals surface area contributed by atoms with Crippen LogP contribution in [0.2, 0.25) is 0 Å². The molecule has 2 aromatic carbocycles. The predicted molar refractivity (Wildman–Crippen MR) is 115 cm³/mol. The second-order valence-corrected chi connectivity index (χ2v) is 7.50. The summed E-state index contributed by atoms with van der Waals surface area (Å²) in [5.41, 5.74) is 3.02. The highest BCUT2D eigenvalue weighted by atomic mass is 14.2. The first-order chi connectivity index (χ1) is 12.8. The Labute approximate surface area is 162 Å². The van der Waals surface area contributed by atoms with Crippen LogP contribution in [0, 0.1) is 13.8 Å². The van der Waals surface area contributed by atoms with Gasteiger partial charge in [0.05, 0.1) is 0 Å². The van der Waals surface area contributed by atoms with E-state index in [4.69, 9.17) is 0 Å². The SMILES string of the molecule is [CH2]CCCCCC(CC(CCCC[CH2])c1ccccc1)c1ccccc1. The summed E-state index contributed by atoms with van der Waals surface area (Å²) in [5, 5.41) is 0. The monoisotopic (exact) mass is 348 g/mol. The zero-order valence-electron chi connectivity index (χ0n) is 16.4. The van der Waals surface area contributed by atoms with E-state index in [1.54, 1.807) is 0 Å². The van der Waals surface area contributed by atoms with E-state index in [1.165, 1.54) is 62.5 Å². The topological polar surface area (TPSA) is 0 Å². The summed E-state index contributed by atoms with van der Waals surface area (Å²) in [5.74, 6) is 1.31. The quantitative estimate of drug-likeness (QED) is 0.320. The molecule has 0 aliphatic rings. The van der Waals surface area contributed by atoms with Crippen molar-refractivity contribution in [3.63, 3.8) is 0 Å². The molecular weight excluding hydrogens is 312 g/mol. The van der Waals surface area contributed by atoms with Gasteiger partial charge in [0.1, 0.15) is 0 Å². The second kappa shape index (κ2) is 12.7. The largest absolute Gasteiger partial charge is 0.0622 e. The Morgan fingerprint density at radius 2 is 0.962 bits per heavy atom. The summed E-state index contributed by atoms with van der Waals surface area (Å²) < 4.78 is 0. The summed E-state index contributed by atoms with van der Waals surface area (Å²) >= 11 is 0. The van der Waals surface area contributed by atoms with Crippen molar-refractivity contribution >= 4 is 0 Å². The van der Waals surface area contributed by atoms with E-state index in [9.17, 15) is 0 Å². The van der Waals surface area contributed by atoms with E-state index in [-0.39, 0.29) is 0 Å². The van der Waals surface area contributed by atoms with Gasteiger partial charge in [-0.3, -0.25) is 0 Å². The standard InChI is InChI=1S/C26H36/c1-3-5-7-11-21-26(24-18-14-9-15-19-24)22-25(20-10-6-4-2)23-16-12-8-13-17-23/h8-9,12-19,25-26H,1-7,10-11,20-22H2. The predicted octanol–water partition coefficient (Wildman–Crippen LogP) is 8.12. The summed E-state index contributed by atoms with van der Waals surface area (Å²) in [4.78, 5) is 0. The molecule has 2 aromatic rings. The molecule has 0 fully saturated rings. The first-order valence-electron chi connectivity index (χ1n) is 10.5. The maximum absolute atomic E-state index is 4.02. The molecular formula is C26H36. The van der Waals surface area contributed by atoms with Crippen molar-refractivity contribution < 1.29 is 0 Å². The average molecular weight is 349 g/mol. The van der Waals surface area contributed by atoms with E-state index in [0.717, 1.165) is 12.8 Å². The van der Waals surface area contributed by atoms with Crippen LogP contribution in [0.4, 0.5) is 0 Å². The van der Waals surface area contributed by atoms with E-state index < -0.39 is 0 Å². The Balaban J connectivity index is 2.09. The number of benzene rings is 2. The minimum absolute atomic E-state index is 0.654. The third kappa shape index (κ3) is 7.36. The minimum atomic E-state index is 0.654. The van der Waals surface area contributed by atoms with Crippen molar-refractivity contribution in [2.45, 2.75) is 76.0 Å². The molecule has 0 nitrogen and oxygen atoms in total. The van der Waals surface area contributed by atoms with Crippen molar-refractivity contribution in [2.75, 3.05) is 0 Å². The zero-order valence-corrected chi connectivity index (χ0v) is 16.4. The van der Waals surface area contributed by atoms with Gasteiger partial charge in [-0.05, 0) is 42.2 Å². The molecule has 2 atom stereocenters. The van der Waals surface area contributed by atoms with Crippen LogP contribution in [0.25, 0.3) is 0 Å². The van der Waals surface area contributed by atoms with Gasteiger partial charge in [-0.2, -0.15) is 0 Å². The highest BCUT2D eigenvalue weighted by Crippen LogP contribution is 2.36. The Bertz CT molecular complexity index is 557. The van der Waals surface area contributed by atoms with E-state index in [0.29, 0.717) is 11.8 Å². The van der Waals surface area contributed by atoms with Gasteiger partial charge in [0.15, 0.2) is 0 Å². The van der Waals surface area contributed by atoms with Crippen molar-refractivity contribution in [1.82, 2.24) is 0 Å². The third-order valence-electron chi connectivity index (χ3n) is 5.47. The highest BCUT2D eigenvalue weighted by molar-refractivity contribution is 5.23. The highest BCUT2D eigenvalue weighted by Gasteiger charge is 2.19. The molecule has 0 bridgehead atoms. The van der Waals surface area contributed by atoms with Crippen LogP contribution in [0.3, 0.4) is 0 Å². The lowest BCUT2D eigenvalue weighted by Crippen LogP contribution is -2.08. The molecule has 0 N–H and O–H groups in total. The zero-order chi connectivity index (χ0) is 18.5. The van der Waals surface area contributed by atoms with Crippen LogP contribution < -0.4 is 0 Å². The van der Waals surface area contributed by atoms with Crippen LogP contribution in [0.15, 0.2) is 60.7 Å². The molecule has 0 aromatic heterocycles. The molecule has 0 heteroatoms. The molecule has 2 radical (unpaired) electrons.